The molecule has 0 aliphatic rings. The maximum atomic E-state index is 12.9. The standard InChI is InChI=1S/C16H17FN2O4/c1-16(2,15(21)22)19(3)13(20)8-12-9-23-14(18-12)10-4-6-11(17)7-5-10/h4-7,9H,8H2,1-3H3,(H,21,22). The van der Waals surface area contributed by atoms with Crippen LogP contribution in [0.1, 0.15) is 19.5 Å². The smallest absolute Gasteiger partial charge is 0.329 e. The molecule has 0 unspecified atom stereocenters. The first kappa shape index (κ1) is 16.7. The van der Waals surface area contributed by atoms with Crippen LogP contribution in [-0.4, -0.2) is 39.5 Å². The molecule has 2 rings (SSSR count). The van der Waals surface area contributed by atoms with Crippen LogP contribution in [0.4, 0.5) is 4.39 Å². The van der Waals surface area contributed by atoms with Crippen molar-refractivity contribution in [3.63, 3.8) is 0 Å². The van der Waals surface area contributed by atoms with Gasteiger partial charge in [0.15, 0.2) is 0 Å². The van der Waals surface area contributed by atoms with E-state index in [4.69, 9.17) is 9.52 Å². The first-order chi connectivity index (χ1) is 10.7. The molecule has 7 heteroatoms. The van der Waals surface area contributed by atoms with E-state index in [1.807, 2.05) is 0 Å². The van der Waals surface area contributed by atoms with Gasteiger partial charge in [-0.1, -0.05) is 0 Å². The number of oxazole rings is 1. The van der Waals surface area contributed by atoms with Gasteiger partial charge in [0.25, 0.3) is 0 Å². The van der Waals surface area contributed by atoms with Crippen molar-refractivity contribution in [2.75, 3.05) is 7.05 Å². The van der Waals surface area contributed by atoms with Gasteiger partial charge in [0.1, 0.15) is 17.6 Å². The van der Waals surface area contributed by atoms with Crippen molar-refractivity contribution in [2.45, 2.75) is 25.8 Å². The van der Waals surface area contributed by atoms with Crippen molar-refractivity contribution >= 4 is 11.9 Å². The minimum Gasteiger partial charge on any atom is -0.480 e. The third kappa shape index (κ3) is 3.56. The van der Waals surface area contributed by atoms with Gasteiger partial charge in [0.2, 0.25) is 11.8 Å². The fourth-order valence-corrected chi connectivity index (χ4v) is 1.84. The molecule has 0 saturated carbocycles. The fourth-order valence-electron chi connectivity index (χ4n) is 1.84. The second-order valence-electron chi connectivity index (χ2n) is 5.64. The summed E-state index contributed by atoms with van der Waals surface area (Å²) in [4.78, 5) is 28.7. The number of carboxylic acids is 1. The third-order valence-electron chi connectivity index (χ3n) is 3.71. The summed E-state index contributed by atoms with van der Waals surface area (Å²) >= 11 is 0. The average Bonchev–Trinajstić information content (AvgIpc) is 2.95. The van der Waals surface area contributed by atoms with Gasteiger partial charge in [-0.25, -0.2) is 14.2 Å². The minimum atomic E-state index is -1.32. The Kier molecular flexibility index (Phi) is 4.49. The number of benzene rings is 1. The van der Waals surface area contributed by atoms with Gasteiger partial charge in [-0.05, 0) is 38.1 Å². The second kappa shape index (κ2) is 6.20. The highest BCUT2D eigenvalue weighted by molar-refractivity contribution is 5.87. The topological polar surface area (TPSA) is 83.6 Å². The number of hydrogen-bond acceptors (Lipinski definition) is 4. The highest BCUT2D eigenvalue weighted by Gasteiger charge is 2.35. The molecular formula is C16H17FN2O4. The lowest BCUT2D eigenvalue weighted by Gasteiger charge is -2.31. The van der Waals surface area contributed by atoms with Gasteiger partial charge >= 0.3 is 5.97 Å². The van der Waals surface area contributed by atoms with E-state index in [-0.39, 0.29) is 18.1 Å². The SMILES string of the molecule is CN(C(=O)Cc1coc(-c2ccc(F)cc2)n1)C(C)(C)C(=O)O. The van der Waals surface area contributed by atoms with Crippen LogP contribution < -0.4 is 0 Å². The van der Waals surface area contributed by atoms with Crippen LogP contribution in [0.5, 0.6) is 0 Å². The van der Waals surface area contributed by atoms with Gasteiger partial charge in [0.05, 0.1) is 12.1 Å². The normalized spacial score (nSPS) is 11.3. The number of hydrogen-bond donors (Lipinski definition) is 1. The van der Waals surface area contributed by atoms with Crippen LogP contribution >= 0.6 is 0 Å². The Morgan fingerprint density at radius 3 is 2.48 bits per heavy atom. The first-order valence-electron chi connectivity index (χ1n) is 6.92. The number of rotatable bonds is 5. The van der Waals surface area contributed by atoms with Crippen LogP contribution in [0.3, 0.4) is 0 Å². The summed E-state index contributed by atoms with van der Waals surface area (Å²) < 4.78 is 18.2. The minimum absolute atomic E-state index is 0.0854. The van der Waals surface area contributed by atoms with E-state index in [9.17, 15) is 14.0 Å². The summed E-state index contributed by atoms with van der Waals surface area (Å²) in [5.74, 6) is -1.59. The lowest BCUT2D eigenvalue weighted by Crippen LogP contribution is -2.51. The van der Waals surface area contributed by atoms with Crippen LogP contribution in [0.2, 0.25) is 0 Å². The number of carbonyl (C=O) groups is 2. The third-order valence-corrected chi connectivity index (χ3v) is 3.71. The van der Waals surface area contributed by atoms with E-state index in [0.29, 0.717) is 11.3 Å². The molecule has 1 heterocycles. The summed E-state index contributed by atoms with van der Waals surface area (Å²) in [6, 6.07) is 5.61. The van der Waals surface area contributed by atoms with Gasteiger partial charge in [0, 0.05) is 12.6 Å². The summed E-state index contributed by atoms with van der Waals surface area (Å²) in [7, 11) is 1.43. The van der Waals surface area contributed by atoms with Crippen LogP contribution in [0.25, 0.3) is 11.5 Å². The molecule has 1 aromatic heterocycles. The number of halogens is 1. The summed E-state index contributed by atoms with van der Waals surface area (Å²) in [5.41, 5.74) is -0.354. The molecule has 0 atom stereocenters. The largest absolute Gasteiger partial charge is 0.480 e. The Bertz CT molecular complexity index is 722. The van der Waals surface area contributed by atoms with Gasteiger partial charge in [-0.3, -0.25) is 4.79 Å². The molecule has 0 aliphatic carbocycles. The molecule has 1 aromatic carbocycles. The van der Waals surface area contributed by atoms with Gasteiger partial charge in [-0.15, -0.1) is 0 Å². The number of amides is 1. The number of aliphatic carboxylic acids is 1. The lowest BCUT2D eigenvalue weighted by atomic mass is 10.0. The number of carboxylic acid groups (broad SMARTS) is 1. The van der Waals surface area contributed by atoms with Crippen molar-refractivity contribution in [2.24, 2.45) is 0 Å². The Hall–Kier alpha value is -2.70. The molecule has 0 aliphatic heterocycles. The summed E-state index contributed by atoms with van der Waals surface area (Å²) in [6.07, 6.45) is 1.25. The molecular weight excluding hydrogens is 303 g/mol. The van der Waals surface area contributed by atoms with E-state index in [1.54, 1.807) is 0 Å². The second-order valence-corrected chi connectivity index (χ2v) is 5.64. The van der Waals surface area contributed by atoms with Crippen molar-refractivity contribution in [1.29, 1.82) is 0 Å². The van der Waals surface area contributed by atoms with Crippen molar-refractivity contribution < 1.29 is 23.5 Å². The molecule has 2 aromatic rings. The zero-order chi connectivity index (χ0) is 17.2. The average molecular weight is 320 g/mol. The molecule has 0 radical (unpaired) electrons. The fraction of sp³-hybridized carbons (Fsp3) is 0.312. The Morgan fingerprint density at radius 2 is 1.91 bits per heavy atom. The highest BCUT2D eigenvalue weighted by Crippen LogP contribution is 2.20. The van der Waals surface area contributed by atoms with E-state index < -0.39 is 17.4 Å². The zero-order valence-electron chi connectivity index (χ0n) is 13.0. The maximum Gasteiger partial charge on any atom is 0.329 e. The number of likely N-dealkylation sites (N-methyl/N-ethyl adjacent to an activating group) is 1. The number of carbonyl (C=O) groups excluding carboxylic acids is 1. The van der Waals surface area contributed by atoms with E-state index >= 15 is 0 Å². The predicted octanol–water partition coefficient (Wildman–Crippen LogP) is 2.34. The Labute approximate surface area is 132 Å². The predicted molar refractivity (Wildman–Crippen MR) is 80.1 cm³/mol. The number of aromatic nitrogens is 1. The Balaban J connectivity index is 2.11. The quantitative estimate of drug-likeness (QED) is 0.914. The number of nitrogens with zero attached hydrogens (tertiary/aromatic N) is 2. The van der Waals surface area contributed by atoms with Crippen molar-refractivity contribution in [3.8, 4) is 11.5 Å². The van der Waals surface area contributed by atoms with Crippen LogP contribution in [0, 0.1) is 5.82 Å². The lowest BCUT2D eigenvalue weighted by molar-refractivity contribution is -0.155. The zero-order valence-corrected chi connectivity index (χ0v) is 13.0. The molecule has 6 nitrogen and oxygen atoms in total. The molecule has 0 saturated heterocycles. The van der Waals surface area contributed by atoms with Gasteiger partial charge < -0.3 is 14.4 Å². The summed E-state index contributed by atoms with van der Waals surface area (Å²) in [5, 5.41) is 9.14. The molecule has 1 amide bonds. The Morgan fingerprint density at radius 1 is 1.30 bits per heavy atom. The van der Waals surface area contributed by atoms with E-state index in [0.717, 1.165) is 4.90 Å². The molecule has 0 bridgehead atoms. The van der Waals surface area contributed by atoms with Crippen molar-refractivity contribution in [3.05, 3.63) is 42.0 Å². The molecule has 0 spiro atoms. The van der Waals surface area contributed by atoms with Crippen molar-refractivity contribution in [1.82, 2.24) is 9.88 Å². The highest BCUT2D eigenvalue weighted by atomic mass is 19.1. The van der Waals surface area contributed by atoms with E-state index in [1.165, 1.54) is 51.4 Å². The molecule has 122 valence electrons. The van der Waals surface area contributed by atoms with Crippen LogP contribution in [-0.2, 0) is 16.0 Å². The van der Waals surface area contributed by atoms with Crippen LogP contribution in [0.15, 0.2) is 34.9 Å². The molecule has 1 N–H and O–H groups in total. The first-order valence-corrected chi connectivity index (χ1v) is 6.92. The monoisotopic (exact) mass is 320 g/mol. The molecule has 0 fully saturated rings. The molecule has 23 heavy (non-hydrogen) atoms. The maximum absolute atomic E-state index is 12.9. The van der Waals surface area contributed by atoms with E-state index in [2.05, 4.69) is 4.98 Å². The van der Waals surface area contributed by atoms with Gasteiger partial charge in [-0.2, -0.15) is 0 Å². The summed E-state index contributed by atoms with van der Waals surface area (Å²) in [6.45, 7) is 2.89.